The number of anilines is 2. The van der Waals surface area contributed by atoms with Crippen molar-refractivity contribution < 1.29 is 9.53 Å². The number of rotatable bonds is 13. The molecule has 2 rings (SSSR count). The van der Waals surface area contributed by atoms with Crippen LogP contribution in [0.3, 0.4) is 0 Å². The molecule has 0 aliphatic heterocycles. The number of hydrogen-bond acceptors (Lipinski definition) is 8. The average molecular weight is 474 g/mol. The van der Waals surface area contributed by atoms with Gasteiger partial charge in [-0.15, -0.1) is 0 Å². The van der Waals surface area contributed by atoms with Crippen molar-refractivity contribution in [2.75, 3.05) is 43.6 Å². The Hall–Kier alpha value is -3.20. The minimum absolute atomic E-state index is 0.412. The molecule has 0 aliphatic rings. The highest BCUT2D eigenvalue weighted by atomic mass is 16.5. The third-order valence-corrected chi connectivity index (χ3v) is 4.12. The van der Waals surface area contributed by atoms with Crippen molar-refractivity contribution in [3.05, 3.63) is 41.6 Å². The van der Waals surface area contributed by atoms with E-state index in [-0.39, 0.29) is 0 Å². The smallest absolute Gasteiger partial charge is 0.248 e. The Morgan fingerprint density at radius 1 is 1.12 bits per heavy atom. The fourth-order valence-electron chi connectivity index (χ4n) is 2.74. The Morgan fingerprint density at radius 3 is 2.38 bits per heavy atom. The largest absolute Gasteiger partial charge is 0.476 e. The van der Waals surface area contributed by atoms with Gasteiger partial charge in [-0.1, -0.05) is 47.6 Å². The molecule has 0 unspecified atom stereocenters. The zero-order chi connectivity index (χ0) is 25.8. The summed E-state index contributed by atoms with van der Waals surface area (Å²) in [5.74, 6) is 0.640. The summed E-state index contributed by atoms with van der Waals surface area (Å²) in [7, 11) is 1.87. The van der Waals surface area contributed by atoms with Crippen molar-refractivity contribution in [2.24, 2.45) is 10.8 Å². The molecule has 1 amide bonds. The number of carbonyl (C=O) groups excluding carboxylic acids is 1. The lowest BCUT2D eigenvalue weighted by atomic mass is 10.2. The zero-order valence-electron chi connectivity index (χ0n) is 21.9. The average Bonchev–Trinajstić information content (AvgIpc) is 2.86. The first-order valence-electron chi connectivity index (χ1n) is 12.2. The molecule has 0 fully saturated rings. The van der Waals surface area contributed by atoms with E-state index in [0.29, 0.717) is 41.9 Å². The Bertz CT molecular complexity index is 838. The first-order chi connectivity index (χ1) is 16.6. The summed E-state index contributed by atoms with van der Waals surface area (Å²) in [5, 5.41) is 7.29. The van der Waals surface area contributed by atoms with Crippen molar-refractivity contribution in [1.82, 2.24) is 15.3 Å². The first kappa shape index (κ1) is 30.8. The maximum absolute atomic E-state index is 11.3. The number of benzene rings is 1. The summed E-state index contributed by atoms with van der Waals surface area (Å²) in [5.41, 5.74) is 9.90. The summed E-state index contributed by atoms with van der Waals surface area (Å²) < 4.78 is 5.77. The molecule has 190 valence electrons. The SMILES string of the molecule is CC.CC.CCCN(CCC)c1nc(/C=N/Nc2cccc(C(N)=O)c2)cc(OCCNC)n1. The minimum atomic E-state index is -0.488. The predicted molar refractivity (Wildman–Crippen MR) is 143 cm³/mol. The molecule has 0 radical (unpaired) electrons. The number of nitrogens with one attached hydrogen (secondary N) is 2. The molecular weight excluding hydrogens is 430 g/mol. The van der Waals surface area contributed by atoms with E-state index < -0.39 is 5.91 Å². The van der Waals surface area contributed by atoms with Crippen molar-refractivity contribution in [3.8, 4) is 5.88 Å². The van der Waals surface area contributed by atoms with Gasteiger partial charge in [-0.05, 0) is 38.1 Å². The van der Waals surface area contributed by atoms with Crippen LogP contribution in [0.25, 0.3) is 0 Å². The normalized spacial score (nSPS) is 9.97. The molecule has 1 aromatic heterocycles. The summed E-state index contributed by atoms with van der Waals surface area (Å²) in [6, 6.07) is 8.58. The van der Waals surface area contributed by atoms with Gasteiger partial charge in [0.05, 0.1) is 17.6 Å². The summed E-state index contributed by atoms with van der Waals surface area (Å²) in [6.07, 6.45) is 3.59. The molecule has 0 atom stereocenters. The van der Waals surface area contributed by atoms with Crippen molar-refractivity contribution in [1.29, 1.82) is 0 Å². The molecule has 1 aromatic carbocycles. The van der Waals surface area contributed by atoms with Gasteiger partial charge in [0.2, 0.25) is 17.7 Å². The van der Waals surface area contributed by atoms with Crippen molar-refractivity contribution in [2.45, 2.75) is 54.4 Å². The second kappa shape index (κ2) is 19.3. The summed E-state index contributed by atoms with van der Waals surface area (Å²) >= 11 is 0. The quantitative estimate of drug-likeness (QED) is 0.225. The fraction of sp³-hybridized carbons (Fsp3) is 0.520. The molecule has 0 spiro atoms. The van der Waals surface area contributed by atoms with E-state index in [9.17, 15) is 4.79 Å². The van der Waals surface area contributed by atoms with Crippen LogP contribution in [0, 0.1) is 0 Å². The van der Waals surface area contributed by atoms with E-state index in [1.165, 1.54) is 0 Å². The van der Waals surface area contributed by atoms with Crippen molar-refractivity contribution in [3.63, 3.8) is 0 Å². The first-order valence-corrected chi connectivity index (χ1v) is 12.2. The number of ether oxygens (including phenoxy) is 1. The molecule has 0 bridgehead atoms. The van der Waals surface area contributed by atoms with Gasteiger partial charge in [0, 0.05) is 31.3 Å². The lowest BCUT2D eigenvalue weighted by Gasteiger charge is -2.22. The van der Waals surface area contributed by atoms with Crippen LogP contribution in [0.4, 0.5) is 11.6 Å². The van der Waals surface area contributed by atoms with Crippen LogP contribution in [0.5, 0.6) is 5.88 Å². The molecule has 34 heavy (non-hydrogen) atoms. The van der Waals surface area contributed by atoms with Crippen LogP contribution in [0.2, 0.25) is 0 Å². The molecule has 0 aliphatic carbocycles. The maximum atomic E-state index is 11.3. The monoisotopic (exact) mass is 473 g/mol. The van der Waals surface area contributed by atoms with Crippen LogP contribution in [-0.4, -0.2) is 55.4 Å². The molecule has 0 saturated carbocycles. The number of likely N-dealkylation sites (N-methyl/N-ethyl adjacent to an activating group) is 1. The lowest BCUT2D eigenvalue weighted by molar-refractivity contribution is 0.100. The number of nitrogens with zero attached hydrogens (tertiary/aromatic N) is 4. The molecule has 1 heterocycles. The number of hydrogen-bond donors (Lipinski definition) is 3. The van der Waals surface area contributed by atoms with Crippen LogP contribution >= 0.6 is 0 Å². The number of amides is 1. The molecule has 2 aromatic rings. The maximum Gasteiger partial charge on any atom is 0.248 e. The molecule has 9 nitrogen and oxygen atoms in total. The van der Waals surface area contributed by atoms with E-state index >= 15 is 0 Å². The standard InChI is InChI=1S/C21H31N7O2.2C2H6/c1-4-10-28(11-5-2)21-25-18(14-19(26-21)30-12-9-23-3)15-24-27-17-8-6-7-16(13-17)20(22)29;2*1-2/h6-8,13-15,23,27H,4-5,9-12H2,1-3H3,(H2,22,29);2*1-2H3/b24-15+;;. The highest BCUT2D eigenvalue weighted by Crippen LogP contribution is 2.16. The Kier molecular flexibility index (Phi) is 17.5. The van der Waals surface area contributed by atoms with Crippen LogP contribution in [0.1, 0.15) is 70.4 Å². The van der Waals surface area contributed by atoms with E-state index in [2.05, 4.69) is 44.6 Å². The Balaban J connectivity index is 0.00000258. The highest BCUT2D eigenvalue weighted by Gasteiger charge is 2.12. The van der Waals surface area contributed by atoms with E-state index in [0.717, 1.165) is 25.9 Å². The van der Waals surface area contributed by atoms with Crippen LogP contribution < -0.4 is 26.1 Å². The molecule has 9 heteroatoms. The third-order valence-electron chi connectivity index (χ3n) is 4.12. The zero-order valence-corrected chi connectivity index (χ0v) is 21.9. The molecule has 0 saturated heterocycles. The Labute approximate surface area is 205 Å². The third kappa shape index (κ3) is 11.6. The summed E-state index contributed by atoms with van der Waals surface area (Å²) in [4.78, 5) is 22.7. The van der Waals surface area contributed by atoms with Gasteiger partial charge in [0.1, 0.15) is 6.61 Å². The van der Waals surface area contributed by atoms with Gasteiger partial charge in [-0.3, -0.25) is 10.2 Å². The predicted octanol–water partition coefficient (Wildman–Crippen LogP) is 4.30. The second-order valence-electron chi connectivity index (χ2n) is 6.69. The van der Waals surface area contributed by atoms with Gasteiger partial charge in [0.15, 0.2) is 0 Å². The number of nitrogens with two attached hydrogens (primary N) is 1. The number of primary amides is 1. The fourth-order valence-corrected chi connectivity index (χ4v) is 2.74. The number of carbonyl (C=O) groups is 1. The van der Waals surface area contributed by atoms with Gasteiger partial charge in [0.25, 0.3) is 0 Å². The van der Waals surface area contributed by atoms with Crippen LogP contribution in [0.15, 0.2) is 35.4 Å². The number of aromatic nitrogens is 2. The lowest BCUT2D eigenvalue weighted by Crippen LogP contribution is -2.27. The molecule has 4 N–H and O–H groups in total. The minimum Gasteiger partial charge on any atom is -0.476 e. The van der Waals surface area contributed by atoms with Gasteiger partial charge >= 0.3 is 0 Å². The van der Waals surface area contributed by atoms with Gasteiger partial charge in [-0.2, -0.15) is 10.1 Å². The van der Waals surface area contributed by atoms with Crippen molar-refractivity contribution >= 4 is 23.8 Å². The van der Waals surface area contributed by atoms with Gasteiger partial charge < -0.3 is 20.7 Å². The second-order valence-corrected chi connectivity index (χ2v) is 6.69. The molecular formula is C25H43N7O2. The highest BCUT2D eigenvalue weighted by molar-refractivity contribution is 5.93. The number of hydrazone groups is 1. The van der Waals surface area contributed by atoms with E-state index in [1.807, 2.05) is 34.7 Å². The van der Waals surface area contributed by atoms with E-state index in [4.69, 9.17) is 10.5 Å². The Morgan fingerprint density at radius 2 is 1.79 bits per heavy atom. The van der Waals surface area contributed by atoms with Gasteiger partial charge in [-0.25, -0.2) is 4.98 Å². The topological polar surface area (TPSA) is 118 Å². The van der Waals surface area contributed by atoms with Crippen LogP contribution in [-0.2, 0) is 0 Å². The summed E-state index contributed by atoms with van der Waals surface area (Å²) in [6.45, 7) is 15.2. The van der Waals surface area contributed by atoms with E-state index in [1.54, 1.807) is 36.5 Å².